The van der Waals surface area contributed by atoms with Crippen molar-refractivity contribution in [2.45, 2.75) is 51.2 Å². The van der Waals surface area contributed by atoms with Gasteiger partial charge in [0.25, 0.3) is 0 Å². The second-order valence-electron chi connectivity index (χ2n) is 5.61. The van der Waals surface area contributed by atoms with Crippen LogP contribution in [0.15, 0.2) is 0 Å². The predicted molar refractivity (Wildman–Crippen MR) is 66.8 cm³/mol. The second kappa shape index (κ2) is 5.36. The minimum Gasteiger partial charge on any atom is -0.373 e. The van der Waals surface area contributed by atoms with Crippen molar-refractivity contribution < 1.29 is 9.53 Å². The first kappa shape index (κ1) is 12.8. The van der Waals surface area contributed by atoms with Crippen molar-refractivity contribution in [3.05, 3.63) is 0 Å². The molecule has 0 saturated carbocycles. The van der Waals surface area contributed by atoms with Crippen LogP contribution in [-0.2, 0) is 9.53 Å². The first-order valence-corrected chi connectivity index (χ1v) is 6.76. The standard InChI is InChI=1S/C13H24N2O2/c1-10-11(5-3-7-14-10)12(16)15-9-13(2)6-4-8-17-13/h10-11,14H,3-9H2,1-2H3,(H,15,16). The van der Waals surface area contributed by atoms with Crippen LogP contribution in [0.1, 0.15) is 39.5 Å². The SMILES string of the molecule is CC1NCCCC1C(=O)NCC1(C)CCCO1. The molecule has 3 unspecified atom stereocenters. The average Bonchev–Trinajstić information content (AvgIpc) is 2.74. The van der Waals surface area contributed by atoms with Crippen LogP contribution in [0.4, 0.5) is 0 Å². The molecule has 2 aliphatic heterocycles. The van der Waals surface area contributed by atoms with Gasteiger partial charge in [0.05, 0.1) is 11.5 Å². The largest absolute Gasteiger partial charge is 0.373 e. The van der Waals surface area contributed by atoms with E-state index in [1.807, 2.05) is 0 Å². The van der Waals surface area contributed by atoms with Gasteiger partial charge in [-0.25, -0.2) is 0 Å². The van der Waals surface area contributed by atoms with Crippen LogP contribution in [0.2, 0.25) is 0 Å². The smallest absolute Gasteiger partial charge is 0.224 e. The third-order valence-corrected chi connectivity index (χ3v) is 4.04. The van der Waals surface area contributed by atoms with E-state index in [4.69, 9.17) is 4.74 Å². The zero-order valence-electron chi connectivity index (χ0n) is 10.9. The van der Waals surface area contributed by atoms with Crippen LogP contribution in [0.3, 0.4) is 0 Å². The Morgan fingerprint density at radius 2 is 2.35 bits per heavy atom. The number of piperidine rings is 1. The summed E-state index contributed by atoms with van der Waals surface area (Å²) in [5, 5.41) is 6.42. The van der Waals surface area contributed by atoms with Crippen LogP contribution in [0.25, 0.3) is 0 Å². The molecule has 4 heteroatoms. The zero-order valence-corrected chi connectivity index (χ0v) is 10.9. The average molecular weight is 240 g/mol. The highest BCUT2D eigenvalue weighted by atomic mass is 16.5. The lowest BCUT2D eigenvalue weighted by Crippen LogP contribution is -2.49. The van der Waals surface area contributed by atoms with Gasteiger partial charge in [0.2, 0.25) is 5.91 Å². The van der Waals surface area contributed by atoms with Gasteiger partial charge in [0, 0.05) is 19.2 Å². The Balaban J connectivity index is 1.80. The number of hydrogen-bond acceptors (Lipinski definition) is 3. The molecule has 2 saturated heterocycles. The Kier molecular flexibility index (Phi) is 4.05. The van der Waals surface area contributed by atoms with E-state index >= 15 is 0 Å². The molecule has 3 atom stereocenters. The van der Waals surface area contributed by atoms with Crippen LogP contribution >= 0.6 is 0 Å². The maximum Gasteiger partial charge on any atom is 0.224 e. The molecule has 2 heterocycles. The highest BCUT2D eigenvalue weighted by Crippen LogP contribution is 2.24. The normalized spacial score (nSPS) is 38.0. The first-order valence-electron chi connectivity index (χ1n) is 6.76. The molecule has 0 spiro atoms. The third kappa shape index (κ3) is 3.19. The molecule has 2 rings (SSSR count). The molecule has 17 heavy (non-hydrogen) atoms. The summed E-state index contributed by atoms with van der Waals surface area (Å²) in [6.07, 6.45) is 4.24. The quantitative estimate of drug-likeness (QED) is 0.775. The van der Waals surface area contributed by atoms with E-state index < -0.39 is 0 Å². The second-order valence-corrected chi connectivity index (χ2v) is 5.61. The van der Waals surface area contributed by atoms with Crippen LogP contribution in [0, 0.1) is 5.92 Å². The maximum absolute atomic E-state index is 12.1. The summed E-state index contributed by atoms with van der Waals surface area (Å²) in [4.78, 5) is 12.1. The molecule has 2 aliphatic rings. The predicted octanol–water partition coefficient (Wildman–Crippen LogP) is 1.06. The van der Waals surface area contributed by atoms with Crippen molar-refractivity contribution in [2.75, 3.05) is 19.7 Å². The van der Waals surface area contributed by atoms with E-state index in [0.717, 1.165) is 38.8 Å². The molecule has 0 bridgehead atoms. The topological polar surface area (TPSA) is 50.4 Å². The van der Waals surface area contributed by atoms with Crippen LogP contribution in [-0.4, -0.2) is 37.2 Å². The highest BCUT2D eigenvalue weighted by molar-refractivity contribution is 5.79. The Hall–Kier alpha value is -0.610. The Labute approximate surface area is 103 Å². The minimum absolute atomic E-state index is 0.119. The maximum atomic E-state index is 12.1. The van der Waals surface area contributed by atoms with E-state index in [-0.39, 0.29) is 17.4 Å². The van der Waals surface area contributed by atoms with Gasteiger partial charge in [-0.15, -0.1) is 0 Å². The Bertz CT molecular complexity index is 275. The number of hydrogen-bond donors (Lipinski definition) is 2. The molecule has 0 aliphatic carbocycles. The van der Waals surface area contributed by atoms with Gasteiger partial charge < -0.3 is 15.4 Å². The van der Waals surface area contributed by atoms with Crippen molar-refractivity contribution in [3.63, 3.8) is 0 Å². The molecule has 2 fully saturated rings. The van der Waals surface area contributed by atoms with Gasteiger partial charge in [0.1, 0.15) is 0 Å². The molecule has 0 aromatic rings. The lowest BCUT2D eigenvalue weighted by molar-refractivity contribution is -0.127. The fourth-order valence-corrected chi connectivity index (χ4v) is 2.78. The molecule has 2 N–H and O–H groups in total. The van der Waals surface area contributed by atoms with Gasteiger partial charge in [-0.1, -0.05) is 0 Å². The van der Waals surface area contributed by atoms with E-state index in [0.29, 0.717) is 12.6 Å². The lowest BCUT2D eigenvalue weighted by Gasteiger charge is -2.30. The summed E-state index contributed by atoms with van der Waals surface area (Å²) in [5.74, 6) is 0.301. The van der Waals surface area contributed by atoms with Gasteiger partial charge in [-0.05, 0) is 46.1 Å². The molecule has 0 radical (unpaired) electrons. The number of nitrogens with one attached hydrogen (secondary N) is 2. The number of rotatable bonds is 3. The lowest BCUT2D eigenvalue weighted by atomic mass is 9.91. The van der Waals surface area contributed by atoms with Gasteiger partial charge in [0.15, 0.2) is 0 Å². The van der Waals surface area contributed by atoms with Crippen LogP contribution < -0.4 is 10.6 Å². The monoisotopic (exact) mass is 240 g/mol. The van der Waals surface area contributed by atoms with E-state index in [1.54, 1.807) is 0 Å². The summed E-state index contributed by atoms with van der Waals surface area (Å²) in [5.41, 5.74) is -0.138. The van der Waals surface area contributed by atoms with E-state index in [1.165, 1.54) is 0 Å². The number of carbonyl (C=O) groups excluding carboxylic acids is 1. The highest BCUT2D eigenvalue weighted by Gasteiger charge is 2.32. The van der Waals surface area contributed by atoms with Crippen molar-refractivity contribution in [2.24, 2.45) is 5.92 Å². The molecule has 1 amide bonds. The van der Waals surface area contributed by atoms with E-state index in [9.17, 15) is 4.79 Å². The molecule has 0 aromatic heterocycles. The number of amides is 1. The molecule has 0 aromatic carbocycles. The van der Waals surface area contributed by atoms with Gasteiger partial charge in [-0.2, -0.15) is 0 Å². The number of carbonyl (C=O) groups is 1. The number of ether oxygens (including phenoxy) is 1. The summed E-state index contributed by atoms with van der Waals surface area (Å²) < 4.78 is 5.67. The first-order chi connectivity index (χ1) is 8.11. The summed E-state index contributed by atoms with van der Waals surface area (Å²) in [6, 6.07) is 0.293. The molecular weight excluding hydrogens is 216 g/mol. The van der Waals surface area contributed by atoms with Crippen molar-refractivity contribution in [1.29, 1.82) is 0 Å². The summed E-state index contributed by atoms with van der Waals surface area (Å²) in [6.45, 7) is 6.69. The van der Waals surface area contributed by atoms with Gasteiger partial charge >= 0.3 is 0 Å². The molecular formula is C13H24N2O2. The summed E-state index contributed by atoms with van der Waals surface area (Å²) in [7, 11) is 0. The van der Waals surface area contributed by atoms with Crippen molar-refractivity contribution in [1.82, 2.24) is 10.6 Å². The zero-order chi connectivity index (χ0) is 12.3. The third-order valence-electron chi connectivity index (χ3n) is 4.04. The summed E-state index contributed by atoms with van der Waals surface area (Å²) >= 11 is 0. The van der Waals surface area contributed by atoms with Gasteiger partial charge in [-0.3, -0.25) is 4.79 Å². The van der Waals surface area contributed by atoms with Crippen molar-refractivity contribution in [3.8, 4) is 0 Å². The molecule has 98 valence electrons. The fourth-order valence-electron chi connectivity index (χ4n) is 2.78. The van der Waals surface area contributed by atoms with E-state index in [2.05, 4.69) is 24.5 Å². The van der Waals surface area contributed by atoms with Crippen LogP contribution in [0.5, 0.6) is 0 Å². The Morgan fingerprint density at radius 3 is 3.00 bits per heavy atom. The fraction of sp³-hybridized carbons (Fsp3) is 0.923. The molecule has 4 nitrogen and oxygen atoms in total. The minimum atomic E-state index is -0.138. The Morgan fingerprint density at radius 1 is 1.53 bits per heavy atom. The van der Waals surface area contributed by atoms with Crippen molar-refractivity contribution >= 4 is 5.91 Å².